The van der Waals surface area contributed by atoms with Crippen molar-refractivity contribution in [1.82, 2.24) is 10.6 Å². The molecule has 0 fully saturated rings. The lowest BCUT2D eigenvalue weighted by Gasteiger charge is -2.15. The van der Waals surface area contributed by atoms with Gasteiger partial charge in [-0.15, -0.1) is 0 Å². The van der Waals surface area contributed by atoms with Crippen LogP contribution in [0.3, 0.4) is 0 Å². The third-order valence-corrected chi connectivity index (χ3v) is 4.37. The Morgan fingerprint density at radius 2 is 1.45 bits per heavy atom. The molecule has 2 aromatic carbocycles. The Kier molecular flexibility index (Phi) is 8.52. The molecule has 6 nitrogen and oxygen atoms in total. The number of benzene rings is 2. The highest BCUT2D eigenvalue weighted by Gasteiger charge is 2.14. The minimum Gasteiger partial charge on any atom is -0.484 e. The van der Waals surface area contributed by atoms with Crippen LogP contribution in [-0.2, 0) is 9.59 Å². The fourth-order valence-electron chi connectivity index (χ4n) is 2.55. The number of ether oxygens (including phenoxy) is 2. The number of carbonyl (C=O) groups is 2. The van der Waals surface area contributed by atoms with Gasteiger partial charge in [0.2, 0.25) is 0 Å². The number of rotatable bonds is 10. The van der Waals surface area contributed by atoms with Gasteiger partial charge in [0.25, 0.3) is 11.8 Å². The average molecular weight is 399 g/mol. The van der Waals surface area contributed by atoms with E-state index in [1.807, 2.05) is 55.5 Å². The first-order valence-electron chi connectivity index (χ1n) is 9.85. The van der Waals surface area contributed by atoms with Crippen LogP contribution in [0.1, 0.15) is 37.8 Å². The van der Waals surface area contributed by atoms with Crippen molar-refractivity contribution in [1.29, 1.82) is 0 Å². The molecular weight excluding hydrogens is 368 g/mol. The van der Waals surface area contributed by atoms with Crippen LogP contribution in [0.2, 0.25) is 0 Å². The normalized spacial score (nSPS) is 11.6. The van der Waals surface area contributed by atoms with Gasteiger partial charge >= 0.3 is 0 Å². The second-order valence-electron chi connectivity index (χ2n) is 7.23. The van der Waals surface area contributed by atoms with Crippen LogP contribution in [0.4, 0.5) is 0 Å². The van der Waals surface area contributed by atoms with Crippen LogP contribution in [-0.4, -0.2) is 37.6 Å². The Labute approximate surface area is 172 Å². The van der Waals surface area contributed by atoms with Crippen LogP contribution >= 0.6 is 0 Å². The average Bonchev–Trinajstić information content (AvgIpc) is 2.71. The molecule has 2 aromatic rings. The summed E-state index contributed by atoms with van der Waals surface area (Å²) in [6.45, 7) is 8.49. The summed E-state index contributed by atoms with van der Waals surface area (Å²) in [6.07, 6.45) is -0.625. The van der Waals surface area contributed by atoms with Crippen molar-refractivity contribution in [3.63, 3.8) is 0 Å². The number of hydrogen-bond donors (Lipinski definition) is 2. The van der Waals surface area contributed by atoms with Gasteiger partial charge in [-0.25, -0.2) is 0 Å². The second-order valence-corrected chi connectivity index (χ2v) is 7.23. The molecule has 29 heavy (non-hydrogen) atoms. The molecule has 0 saturated carbocycles. The predicted molar refractivity (Wildman–Crippen MR) is 113 cm³/mol. The maximum Gasteiger partial charge on any atom is 0.260 e. The summed E-state index contributed by atoms with van der Waals surface area (Å²) in [5, 5.41) is 5.45. The number of nitrogens with one attached hydrogen (secondary N) is 2. The molecule has 0 aliphatic heterocycles. The molecule has 0 saturated heterocycles. The Bertz CT molecular complexity index is 786. The van der Waals surface area contributed by atoms with Crippen molar-refractivity contribution in [2.45, 2.75) is 39.7 Å². The zero-order valence-corrected chi connectivity index (χ0v) is 17.5. The van der Waals surface area contributed by atoms with Crippen molar-refractivity contribution < 1.29 is 19.1 Å². The summed E-state index contributed by atoms with van der Waals surface area (Å²) in [5.74, 6) is 1.27. The Morgan fingerprint density at radius 1 is 0.862 bits per heavy atom. The summed E-state index contributed by atoms with van der Waals surface area (Å²) in [7, 11) is 0. The molecule has 0 bridgehead atoms. The molecule has 1 unspecified atom stereocenters. The lowest BCUT2D eigenvalue weighted by atomic mass is 10.0. The zero-order chi connectivity index (χ0) is 21.2. The van der Waals surface area contributed by atoms with Crippen LogP contribution in [0.25, 0.3) is 0 Å². The molecule has 0 aliphatic rings. The summed E-state index contributed by atoms with van der Waals surface area (Å²) >= 11 is 0. The Balaban J connectivity index is 1.62. The molecule has 1 atom stereocenters. The second kappa shape index (κ2) is 11.1. The summed E-state index contributed by atoms with van der Waals surface area (Å²) in [6, 6.07) is 15.2. The van der Waals surface area contributed by atoms with E-state index in [0.717, 1.165) is 5.56 Å². The molecule has 0 aliphatic carbocycles. The molecule has 0 aromatic heterocycles. The SMILES string of the molecule is Cc1ccc(OCC(=O)NCCNC(=O)C(C)Oc2ccc(C(C)C)cc2)cc1. The standard InChI is InChI=1S/C23H30N2O4/c1-16(2)19-7-11-21(12-8-19)29-18(4)23(27)25-14-13-24-22(26)15-28-20-9-5-17(3)6-10-20/h5-12,16,18H,13-15H2,1-4H3,(H,24,26)(H,25,27). The van der Waals surface area contributed by atoms with Gasteiger partial charge in [-0.1, -0.05) is 43.7 Å². The van der Waals surface area contributed by atoms with Gasteiger partial charge in [-0.2, -0.15) is 0 Å². The summed E-state index contributed by atoms with van der Waals surface area (Å²) in [4.78, 5) is 23.9. The van der Waals surface area contributed by atoms with E-state index in [4.69, 9.17) is 9.47 Å². The molecule has 2 rings (SSSR count). The highest BCUT2D eigenvalue weighted by Crippen LogP contribution is 2.19. The lowest BCUT2D eigenvalue weighted by molar-refractivity contribution is -0.127. The van der Waals surface area contributed by atoms with Crippen LogP contribution in [0.15, 0.2) is 48.5 Å². The molecule has 2 amide bonds. The molecule has 0 spiro atoms. The Morgan fingerprint density at radius 3 is 2.07 bits per heavy atom. The third-order valence-electron chi connectivity index (χ3n) is 4.37. The topological polar surface area (TPSA) is 76.7 Å². The lowest BCUT2D eigenvalue weighted by Crippen LogP contribution is -2.41. The number of amides is 2. The van der Waals surface area contributed by atoms with E-state index in [2.05, 4.69) is 24.5 Å². The van der Waals surface area contributed by atoms with Gasteiger partial charge in [0, 0.05) is 13.1 Å². The minimum absolute atomic E-state index is 0.0666. The van der Waals surface area contributed by atoms with E-state index < -0.39 is 6.10 Å². The van der Waals surface area contributed by atoms with E-state index >= 15 is 0 Å². The summed E-state index contributed by atoms with van der Waals surface area (Å²) < 4.78 is 11.1. The smallest absolute Gasteiger partial charge is 0.260 e. The predicted octanol–water partition coefficient (Wildman–Crippen LogP) is 3.20. The van der Waals surface area contributed by atoms with E-state index in [0.29, 0.717) is 30.5 Å². The largest absolute Gasteiger partial charge is 0.484 e. The first kappa shape index (κ1) is 22.3. The summed E-state index contributed by atoms with van der Waals surface area (Å²) in [5.41, 5.74) is 2.35. The molecule has 0 radical (unpaired) electrons. The molecule has 2 N–H and O–H groups in total. The zero-order valence-electron chi connectivity index (χ0n) is 17.5. The van der Waals surface area contributed by atoms with Gasteiger partial charge < -0.3 is 20.1 Å². The van der Waals surface area contributed by atoms with Gasteiger partial charge in [0.1, 0.15) is 11.5 Å². The first-order valence-corrected chi connectivity index (χ1v) is 9.85. The van der Waals surface area contributed by atoms with E-state index in [9.17, 15) is 9.59 Å². The quantitative estimate of drug-likeness (QED) is 0.603. The van der Waals surface area contributed by atoms with E-state index in [1.165, 1.54) is 5.56 Å². The molecule has 156 valence electrons. The van der Waals surface area contributed by atoms with Gasteiger partial charge in [-0.05, 0) is 49.6 Å². The van der Waals surface area contributed by atoms with Crippen molar-refractivity contribution in [3.05, 3.63) is 59.7 Å². The number of carbonyl (C=O) groups excluding carboxylic acids is 2. The number of hydrogen-bond acceptors (Lipinski definition) is 4. The highest BCUT2D eigenvalue weighted by molar-refractivity contribution is 5.81. The van der Waals surface area contributed by atoms with Crippen molar-refractivity contribution in [2.24, 2.45) is 0 Å². The van der Waals surface area contributed by atoms with Crippen LogP contribution in [0.5, 0.6) is 11.5 Å². The molecular formula is C23H30N2O4. The van der Waals surface area contributed by atoms with Gasteiger partial charge in [0.05, 0.1) is 0 Å². The van der Waals surface area contributed by atoms with E-state index in [1.54, 1.807) is 6.92 Å². The van der Waals surface area contributed by atoms with Crippen molar-refractivity contribution in [2.75, 3.05) is 19.7 Å². The fraction of sp³-hybridized carbons (Fsp3) is 0.391. The third kappa shape index (κ3) is 7.86. The van der Waals surface area contributed by atoms with Crippen molar-refractivity contribution >= 4 is 11.8 Å². The van der Waals surface area contributed by atoms with E-state index in [-0.39, 0.29) is 18.4 Å². The maximum atomic E-state index is 12.1. The minimum atomic E-state index is -0.625. The number of aryl methyl sites for hydroxylation is 1. The van der Waals surface area contributed by atoms with Crippen molar-refractivity contribution in [3.8, 4) is 11.5 Å². The van der Waals surface area contributed by atoms with Gasteiger partial charge in [0.15, 0.2) is 12.7 Å². The maximum absolute atomic E-state index is 12.1. The molecule has 6 heteroatoms. The Hall–Kier alpha value is -3.02. The van der Waals surface area contributed by atoms with Crippen LogP contribution in [0, 0.1) is 6.92 Å². The van der Waals surface area contributed by atoms with Crippen LogP contribution < -0.4 is 20.1 Å². The monoisotopic (exact) mass is 398 g/mol. The fourth-order valence-corrected chi connectivity index (χ4v) is 2.55. The first-order chi connectivity index (χ1) is 13.8. The van der Waals surface area contributed by atoms with Gasteiger partial charge in [-0.3, -0.25) is 9.59 Å². The highest BCUT2D eigenvalue weighted by atomic mass is 16.5. The molecule has 0 heterocycles.